The predicted octanol–water partition coefficient (Wildman–Crippen LogP) is 10.8. The molecule has 0 N–H and O–H groups in total. The van der Waals surface area contributed by atoms with E-state index in [0.29, 0.717) is 31.1 Å². The minimum absolute atomic E-state index is 0. The number of allylic oxidation sites excluding steroid dienone is 2. The van der Waals surface area contributed by atoms with E-state index < -0.39 is 32.6 Å². The van der Waals surface area contributed by atoms with Crippen LogP contribution in [0.3, 0.4) is 0 Å². The topological polar surface area (TPSA) is 128 Å². The normalized spacial score (nSPS) is 27.4. The minimum atomic E-state index is -4.86. The summed E-state index contributed by atoms with van der Waals surface area (Å²) >= 11 is 0. The zero-order valence-corrected chi connectivity index (χ0v) is 43.9. The van der Waals surface area contributed by atoms with Gasteiger partial charge in [-0.3, -0.25) is 18.9 Å². The summed E-state index contributed by atoms with van der Waals surface area (Å²) in [6, 6.07) is 0. The molecule has 0 radical (unpaired) electrons. The van der Waals surface area contributed by atoms with Crippen molar-refractivity contribution >= 4 is 25.5 Å². The van der Waals surface area contributed by atoms with E-state index in [-0.39, 0.29) is 77.5 Å². The van der Waals surface area contributed by atoms with Gasteiger partial charge in [-0.2, -0.15) is 0 Å². The number of ether oxygens (including phenoxy) is 2. The first-order chi connectivity index (χ1) is 29.9. The van der Waals surface area contributed by atoms with Crippen molar-refractivity contribution in [1.82, 2.24) is 0 Å². The van der Waals surface area contributed by atoms with E-state index in [4.69, 9.17) is 18.5 Å². The van der Waals surface area contributed by atoms with Gasteiger partial charge >= 0.3 is 41.5 Å². The maximum Gasteiger partial charge on any atom is 1.00 e. The smallest absolute Gasteiger partial charge is 0.756 e. The van der Waals surface area contributed by atoms with Gasteiger partial charge in [-0.1, -0.05) is 168 Å². The molecule has 0 amide bonds. The van der Waals surface area contributed by atoms with E-state index in [2.05, 4.69) is 27.7 Å². The van der Waals surface area contributed by atoms with Crippen LogP contribution < -0.4 is 34.5 Å². The van der Waals surface area contributed by atoms with Gasteiger partial charge in [0.25, 0.3) is 7.82 Å². The van der Waals surface area contributed by atoms with Gasteiger partial charge in [-0.15, -0.1) is 0 Å². The summed E-state index contributed by atoms with van der Waals surface area (Å²) < 4.78 is 36.3. The number of rotatable bonds is 32. The molecule has 3 fully saturated rings. The van der Waals surface area contributed by atoms with Gasteiger partial charge in [0.15, 0.2) is 11.9 Å². The summed E-state index contributed by atoms with van der Waals surface area (Å²) in [6.45, 7) is 10.3. The third-order valence-electron chi connectivity index (χ3n) is 15.5. The molecule has 11 heteroatoms. The van der Waals surface area contributed by atoms with Crippen LogP contribution in [0.5, 0.6) is 0 Å². The molecule has 4 aliphatic carbocycles. The standard InChI is InChI=1S/C52H89O9P.Na/c1-6-9-11-13-15-17-19-21-23-25-27-29-49(54)58-39-43(60-50(55)30-28-26-24-22-20-18-16-14-12-10-7-2)40-59-62(56,57)61-48-38-47-44-32-31-41-37-42(53)33-35-51(41,4)46(44)34-36-52(47,5)45(48)8-3;/h8,37,43-44,46-48H,6-7,9-36,38-40H2,1-5H3,(H,56,57);/q;+1/p-1/b45-8+;/t43?,44?,46?,47?,48?,51-,52+;/m0./s1. The van der Waals surface area contributed by atoms with Crippen molar-refractivity contribution in [2.24, 2.45) is 28.6 Å². The molecule has 3 saturated carbocycles. The molecule has 356 valence electrons. The number of ketones is 1. The molecule has 0 bridgehead atoms. The van der Waals surface area contributed by atoms with Crippen molar-refractivity contribution in [3.8, 4) is 0 Å². The first kappa shape index (κ1) is 56.5. The Morgan fingerprint density at radius 2 is 1.25 bits per heavy atom. The Kier molecular flexibility index (Phi) is 26.8. The number of hydrogen-bond donors (Lipinski definition) is 0. The third kappa shape index (κ3) is 18.3. The van der Waals surface area contributed by atoms with E-state index in [9.17, 15) is 23.8 Å². The molecule has 8 atom stereocenters. The van der Waals surface area contributed by atoms with Crippen molar-refractivity contribution < 1.29 is 71.9 Å². The van der Waals surface area contributed by atoms with Crippen LogP contribution in [0, 0.1) is 28.6 Å². The second kappa shape index (κ2) is 29.8. The summed E-state index contributed by atoms with van der Waals surface area (Å²) in [4.78, 5) is 51.8. The molecule has 4 rings (SSSR count). The predicted molar refractivity (Wildman–Crippen MR) is 247 cm³/mol. The largest absolute Gasteiger partial charge is 1.00 e. The monoisotopic (exact) mass is 911 g/mol. The number of unbranched alkanes of at least 4 members (excludes halogenated alkanes) is 20. The van der Waals surface area contributed by atoms with Gasteiger partial charge in [0.05, 0.1) is 12.7 Å². The first-order valence-electron chi connectivity index (χ1n) is 25.8. The van der Waals surface area contributed by atoms with Gasteiger partial charge in [0.1, 0.15) is 6.61 Å². The van der Waals surface area contributed by atoms with E-state index >= 15 is 0 Å². The van der Waals surface area contributed by atoms with Crippen molar-refractivity contribution in [2.75, 3.05) is 13.2 Å². The Balaban J connectivity index is 0.0000106. The average molecular weight is 911 g/mol. The molecule has 0 aromatic rings. The Morgan fingerprint density at radius 3 is 1.79 bits per heavy atom. The van der Waals surface area contributed by atoms with E-state index in [1.807, 2.05) is 19.1 Å². The summed E-state index contributed by atoms with van der Waals surface area (Å²) in [5.74, 6) is 0.552. The number of fused-ring (bicyclic) bond motifs is 5. The van der Waals surface area contributed by atoms with Gasteiger partial charge < -0.3 is 23.4 Å². The number of carbonyl (C=O) groups is 3. The molecule has 0 spiro atoms. The number of hydrogen-bond acceptors (Lipinski definition) is 9. The Labute approximate surface area is 406 Å². The molecular formula is C52H88NaO9P. The average Bonchev–Trinajstić information content (AvgIpc) is 3.53. The van der Waals surface area contributed by atoms with Gasteiger partial charge in [0.2, 0.25) is 0 Å². The second-order valence-electron chi connectivity index (χ2n) is 20.1. The maximum absolute atomic E-state index is 13.6. The van der Waals surface area contributed by atoms with Crippen LogP contribution in [0.15, 0.2) is 23.3 Å². The molecule has 0 heterocycles. The Hall–Kier alpha value is -0.800. The fourth-order valence-electron chi connectivity index (χ4n) is 11.9. The zero-order valence-electron chi connectivity index (χ0n) is 41.0. The molecule has 0 aromatic heterocycles. The molecule has 9 nitrogen and oxygen atoms in total. The number of phosphoric ester groups is 1. The van der Waals surface area contributed by atoms with Crippen molar-refractivity contribution in [3.05, 3.63) is 23.3 Å². The second-order valence-corrected chi connectivity index (χ2v) is 21.5. The minimum Gasteiger partial charge on any atom is -0.756 e. The summed E-state index contributed by atoms with van der Waals surface area (Å²) in [5, 5.41) is 0. The summed E-state index contributed by atoms with van der Waals surface area (Å²) in [7, 11) is -4.86. The first-order valence-corrected chi connectivity index (χ1v) is 27.2. The quantitative estimate of drug-likeness (QED) is 0.0213. The third-order valence-corrected chi connectivity index (χ3v) is 16.5. The van der Waals surface area contributed by atoms with Crippen LogP contribution in [0.1, 0.15) is 234 Å². The SMILES string of the molecule is C/C=C1\C(OP(=O)([O-])OCC(COC(=O)CCCCCCCCCCCCC)OC(=O)CCCCCCCCCCCCC)CC2C3CCC4=CC(=O)CC[C@]4(C)C3CC[C@]12C.[Na+]. The Bertz CT molecular complexity index is 1480. The van der Waals surface area contributed by atoms with Crippen molar-refractivity contribution in [1.29, 1.82) is 0 Å². The van der Waals surface area contributed by atoms with E-state index in [1.165, 1.54) is 102 Å². The molecule has 0 aliphatic heterocycles. The van der Waals surface area contributed by atoms with Crippen molar-refractivity contribution in [2.45, 2.75) is 246 Å². The van der Waals surface area contributed by atoms with Gasteiger partial charge in [-0.25, -0.2) is 0 Å². The van der Waals surface area contributed by atoms with Crippen LogP contribution >= 0.6 is 7.82 Å². The number of esters is 2. The fourth-order valence-corrected chi connectivity index (χ4v) is 12.8. The van der Waals surface area contributed by atoms with Gasteiger partial charge in [0, 0.05) is 19.3 Å². The number of carbonyl (C=O) groups excluding carboxylic acids is 3. The van der Waals surface area contributed by atoms with Crippen molar-refractivity contribution in [3.63, 3.8) is 0 Å². The van der Waals surface area contributed by atoms with E-state index in [1.54, 1.807) is 0 Å². The van der Waals surface area contributed by atoms with Crippen LogP contribution in [0.2, 0.25) is 0 Å². The summed E-state index contributed by atoms with van der Waals surface area (Å²) in [6.07, 6.45) is 34.5. The molecule has 4 aliphatic rings. The van der Waals surface area contributed by atoms with Crippen LogP contribution in [-0.4, -0.2) is 43.1 Å². The molecule has 6 unspecified atom stereocenters. The molecule has 63 heavy (non-hydrogen) atoms. The molecule has 0 aromatic carbocycles. The summed E-state index contributed by atoms with van der Waals surface area (Å²) in [5.41, 5.74) is 2.15. The van der Waals surface area contributed by atoms with Gasteiger partial charge in [-0.05, 0) is 98.5 Å². The van der Waals surface area contributed by atoms with Crippen LogP contribution in [0.25, 0.3) is 0 Å². The van der Waals surface area contributed by atoms with Crippen LogP contribution in [0.4, 0.5) is 0 Å². The van der Waals surface area contributed by atoms with E-state index in [0.717, 1.165) is 76.2 Å². The zero-order chi connectivity index (χ0) is 44.9. The molecule has 0 saturated heterocycles. The maximum atomic E-state index is 13.6. The van der Waals surface area contributed by atoms with Crippen LogP contribution in [-0.2, 0) is 37.5 Å². The fraction of sp³-hybridized carbons (Fsp3) is 0.865. The molecular weight excluding hydrogens is 823 g/mol. The Morgan fingerprint density at radius 1 is 0.730 bits per heavy atom. The number of phosphoric acid groups is 1.